The number of hydrogen-bond donors (Lipinski definition) is 1. The minimum atomic E-state index is -0.678. The topological polar surface area (TPSA) is 58.6 Å². The monoisotopic (exact) mass is 610 g/mol. The SMILES string of the molecule is Cc1cc(OCC(=O)N(Cc2ccc(Br)cc2)C(Cc2ccccc2)C(=O)NC2CCCCC2)cc(C)c1Cl. The summed E-state index contributed by atoms with van der Waals surface area (Å²) in [5.41, 5.74) is 3.72. The molecule has 0 bridgehead atoms. The molecule has 206 valence electrons. The molecule has 3 aromatic carbocycles. The van der Waals surface area contributed by atoms with Crippen LogP contribution in [0.15, 0.2) is 71.2 Å². The van der Waals surface area contributed by atoms with E-state index in [1.807, 2.05) is 80.6 Å². The second-order valence-electron chi connectivity index (χ2n) is 10.4. The van der Waals surface area contributed by atoms with Crippen LogP contribution in [0.3, 0.4) is 0 Å². The fourth-order valence-electron chi connectivity index (χ4n) is 5.10. The van der Waals surface area contributed by atoms with Gasteiger partial charge in [-0.15, -0.1) is 0 Å². The van der Waals surface area contributed by atoms with E-state index in [-0.39, 0.29) is 24.5 Å². The highest BCUT2D eigenvalue weighted by Gasteiger charge is 2.32. The zero-order valence-corrected chi connectivity index (χ0v) is 24.9. The fourth-order valence-corrected chi connectivity index (χ4v) is 5.48. The number of aryl methyl sites for hydroxylation is 2. The second-order valence-corrected chi connectivity index (χ2v) is 11.7. The molecule has 1 fully saturated rings. The lowest BCUT2D eigenvalue weighted by molar-refractivity contribution is -0.143. The van der Waals surface area contributed by atoms with Gasteiger partial charge in [0.2, 0.25) is 5.91 Å². The lowest BCUT2D eigenvalue weighted by Gasteiger charge is -2.33. The summed E-state index contributed by atoms with van der Waals surface area (Å²) in [6.45, 7) is 3.94. The molecule has 0 heterocycles. The molecule has 7 heteroatoms. The average Bonchev–Trinajstić information content (AvgIpc) is 2.94. The van der Waals surface area contributed by atoms with Crippen LogP contribution in [-0.2, 0) is 22.6 Å². The van der Waals surface area contributed by atoms with Crippen molar-refractivity contribution in [3.8, 4) is 5.75 Å². The Labute approximate surface area is 245 Å². The van der Waals surface area contributed by atoms with Gasteiger partial charge in [0, 0.05) is 28.5 Å². The number of rotatable bonds is 10. The van der Waals surface area contributed by atoms with E-state index in [9.17, 15) is 9.59 Å². The molecule has 1 saturated carbocycles. The van der Waals surface area contributed by atoms with Gasteiger partial charge in [0.15, 0.2) is 6.61 Å². The lowest BCUT2D eigenvalue weighted by Crippen LogP contribution is -2.53. The molecule has 3 aromatic rings. The molecule has 2 amide bonds. The number of hydrogen-bond acceptors (Lipinski definition) is 3. The van der Waals surface area contributed by atoms with Crippen LogP contribution in [0.2, 0.25) is 5.02 Å². The number of carbonyl (C=O) groups is 2. The average molecular weight is 612 g/mol. The van der Waals surface area contributed by atoms with Gasteiger partial charge in [-0.25, -0.2) is 0 Å². The minimum Gasteiger partial charge on any atom is -0.484 e. The Hall–Kier alpha value is -2.83. The van der Waals surface area contributed by atoms with Gasteiger partial charge in [0.25, 0.3) is 5.91 Å². The maximum absolute atomic E-state index is 13.8. The van der Waals surface area contributed by atoms with Gasteiger partial charge in [0.05, 0.1) is 0 Å². The summed E-state index contributed by atoms with van der Waals surface area (Å²) in [7, 11) is 0. The van der Waals surface area contributed by atoms with E-state index in [0.29, 0.717) is 23.7 Å². The third-order valence-corrected chi connectivity index (χ3v) is 8.39. The zero-order valence-electron chi connectivity index (χ0n) is 22.6. The Morgan fingerprint density at radius 3 is 2.26 bits per heavy atom. The van der Waals surface area contributed by atoms with Crippen LogP contribution in [0.25, 0.3) is 0 Å². The molecule has 39 heavy (non-hydrogen) atoms. The normalized spacial score (nSPS) is 14.5. The first-order valence-electron chi connectivity index (χ1n) is 13.6. The van der Waals surface area contributed by atoms with E-state index >= 15 is 0 Å². The number of nitrogens with one attached hydrogen (secondary N) is 1. The van der Waals surface area contributed by atoms with Crippen molar-refractivity contribution < 1.29 is 14.3 Å². The summed E-state index contributed by atoms with van der Waals surface area (Å²) in [6, 6.07) is 20.8. The molecular formula is C32H36BrClN2O3. The molecule has 1 unspecified atom stereocenters. The molecule has 1 N–H and O–H groups in total. The standard InChI is InChI=1S/C32H36BrClN2O3/c1-22-17-28(18-23(2)31(22)34)39-21-30(37)36(20-25-13-15-26(33)16-14-25)29(19-24-9-5-3-6-10-24)32(38)35-27-11-7-4-8-12-27/h3,5-6,9-10,13-18,27,29H,4,7-8,11-12,19-21H2,1-2H3,(H,35,38). The first-order chi connectivity index (χ1) is 18.8. The lowest BCUT2D eigenvalue weighted by atomic mass is 9.94. The molecule has 4 rings (SSSR count). The molecule has 0 aliphatic heterocycles. The molecular weight excluding hydrogens is 576 g/mol. The number of benzene rings is 3. The van der Waals surface area contributed by atoms with Crippen molar-refractivity contribution in [3.63, 3.8) is 0 Å². The van der Waals surface area contributed by atoms with Crippen LogP contribution in [-0.4, -0.2) is 35.4 Å². The number of nitrogens with zero attached hydrogens (tertiary/aromatic N) is 1. The van der Waals surface area contributed by atoms with Gasteiger partial charge in [0.1, 0.15) is 11.8 Å². The minimum absolute atomic E-state index is 0.116. The van der Waals surface area contributed by atoms with Gasteiger partial charge in [-0.1, -0.05) is 89.3 Å². The van der Waals surface area contributed by atoms with Gasteiger partial charge in [-0.05, 0) is 73.2 Å². The Bertz CT molecular complexity index is 1240. The summed E-state index contributed by atoms with van der Waals surface area (Å²) in [5.74, 6) is 0.218. The van der Waals surface area contributed by atoms with E-state index < -0.39 is 6.04 Å². The maximum Gasteiger partial charge on any atom is 0.261 e. The maximum atomic E-state index is 13.8. The smallest absolute Gasteiger partial charge is 0.261 e. The van der Waals surface area contributed by atoms with E-state index in [1.165, 1.54) is 6.42 Å². The van der Waals surface area contributed by atoms with Crippen LogP contribution in [0, 0.1) is 13.8 Å². The molecule has 1 aliphatic carbocycles. The zero-order chi connectivity index (χ0) is 27.8. The van der Waals surface area contributed by atoms with E-state index in [2.05, 4.69) is 21.2 Å². The van der Waals surface area contributed by atoms with Crippen LogP contribution in [0.5, 0.6) is 5.75 Å². The van der Waals surface area contributed by atoms with Gasteiger partial charge >= 0.3 is 0 Å². The summed E-state index contributed by atoms with van der Waals surface area (Å²) in [5, 5.41) is 3.96. The number of carbonyl (C=O) groups excluding carboxylic acids is 2. The molecule has 1 atom stereocenters. The van der Waals surface area contributed by atoms with Crippen molar-refractivity contribution in [2.75, 3.05) is 6.61 Å². The van der Waals surface area contributed by atoms with Gasteiger partial charge < -0.3 is 15.0 Å². The highest BCUT2D eigenvalue weighted by atomic mass is 79.9. The van der Waals surface area contributed by atoms with Gasteiger partial charge in [-0.3, -0.25) is 9.59 Å². The van der Waals surface area contributed by atoms with Crippen molar-refractivity contribution in [3.05, 3.63) is 98.5 Å². The largest absolute Gasteiger partial charge is 0.484 e. The first-order valence-corrected chi connectivity index (χ1v) is 14.7. The fraction of sp³-hybridized carbons (Fsp3) is 0.375. The quantitative estimate of drug-likeness (QED) is 0.264. The Morgan fingerprint density at radius 1 is 0.974 bits per heavy atom. The summed E-state index contributed by atoms with van der Waals surface area (Å²) in [4.78, 5) is 29.3. The molecule has 0 saturated heterocycles. The summed E-state index contributed by atoms with van der Waals surface area (Å²) in [6.07, 6.45) is 5.80. The Kier molecular flexibility index (Phi) is 10.5. The molecule has 0 spiro atoms. The third kappa shape index (κ3) is 8.33. The predicted octanol–water partition coefficient (Wildman–Crippen LogP) is 7.19. The number of ether oxygens (including phenoxy) is 1. The van der Waals surface area contributed by atoms with Crippen molar-refractivity contribution >= 4 is 39.3 Å². The van der Waals surface area contributed by atoms with E-state index in [0.717, 1.165) is 52.4 Å². The van der Waals surface area contributed by atoms with Crippen molar-refractivity contribution in [1.82, 2.24) is 10.2 Å². The number of amides is 2. The molecule has 1 aliphatic rings. The third-order valence-electron chi connectivity index (χ3n) is 7.26. The van der Waals surface area contributed by atoms with Crippen molar-refractivity contribution in [1.29, 1.82) is 0 Å². The van der Waals surface area contributed by atoms with E-state index in [4.69, 9.17) is 16.3 Å². The summed E-state index contributed by atoms with van der Waals surface area (Å²) >= 11 is 9.80. The molecule has 5 nitrogen and oxygen atoms in total. The Balaban J connectivity index is 1.61. The van der Waals surface area contributed by atoms with Crippen LogP contribution in [0.1, 0.15) is 54.4 Å². The highest BCUT2D eigenvalue weighted by Crippen LogP contribution is 2.26. The van der Waals surface area contributed by atoms with Crippen LogP contribution in [0.4, 0.5) is 0 Å². The van der Waals surface area contributed by atoms with Gasteiger partial charge in [-0.2, -0.15) is 0 Å². The van der Waals surface area contributed by atoms with Crippen molar-refractivity contribution in [2.24, 2.45) is 0 Å². The molecule has 0 radical (unpaired) electrons. The second kappa shape index (κ2) is 14.0. The summed E-state index contributed by atoms with van der Waals surface area (Å²) < 4.78 is 6.92. The van der Waals surface area contributed by atoms with Crippen LogP contribution < -0.4 is 10.1 Å². The number of halogens is 2. The van der Waals surface area contributed by atoms with Crippen molar-refractivity contribution in [2.45, 2.75) is 71.0 Å². The van der Waals surface area contributed by atoms with E-state index in [1.54, 1.807) is 4.90 Å². The predicted molar refractivity (Wildman–Crippen MR) is 160 cm³/mol. The Morgan fingerprint density at radius 2 is 1.62 bits per heavy atom. The first kappa shape index (κ1) is 29.2. The molecule has 0 aromatic heterocycles. The van der Waals surface area contributed by atoms with Crippen LogP contribution >= 0.6 is 27.5 Å². The highest BCUT2D eigenvalue weighted by molar-refractivity contribution is 9.10.